The molecule has 1 aromatic rings. The van der Waals surface area contributed by atoms with Crippen LogP contribution in [-0.4, -0.2) is 12.6 Å². The fourth-order valence-corrected chi connectivity index (χ4v) is 2.60. The number of unbranched alkanes of at least 4 members (excludes halogenated alkanes) is 3. The van der Waals surface area contributed by atoms with E-state index in [-0.39, 0.29) is 5.82 Å². The molecule has 114 valence electrons. The van der Waals surface area contributed by atoms with Crippen molar-refractivity contribution in [1.82, 2.24) is 5.32 Å². The summed E-state index contributed by atoms with van der Waals surface area (Å²) in [6.45, 7) is 7.52. The maximum atomic E-state index is 13.2. The van der Waals surface area contributed by atoms with Crippen LogP contribution in [0.1, 0.15) is 63.5 Å². The van der Waals surface area contributed by atoms with E-state index in [1.807, 2.05) is 13.0 Å². The van der Waals surface area contributed by atoms with Crippen molar-refractivity contribution in [2.45, 2.75) is 71.8 Å². The molecule has 1 aromatic carbocycles. The molecule has 0 bridgehead atoms. The Morgan fingerprint density at radius 1 is 1.10 bits per heavy atom. The van der Waals surface area contributed by atoms with Gasteiger partial charge in [-0.2, -0.15) is 0 Å². The Labute approximate surface area is 124 Å². The molecule has 0 aliphatic carbocycles. The molecule has 1 nitrogen and oxygen atoms in total. The number of nitrogens with one attached hydrogen (secondary N) is 1. The first-order valence-corrected chi connectivity index (χ1v) is 8.15. The summed E-state index contributed by atoms with van der Waals surface area (Å²) in [5.74, 6) is -0.132. The van der Waals surface area contributed by atoms with Crippen LogP contribution in [0.3, 0.4) is 0 Å². The fraction of sp³-hybridized carbons (Fsp3) is 0.667. The molecule has 2 heteroatoms. The number of hydrogen-bond donors (Lipinski definition) is 1. The predicted octanol–water partition coefficient (Wildman–Crippen LogP) is 5.02. The normalized spacial score (nSPS) is 12.6. The van der Waals surface area contributed by atoms with Crippen molar-refractivity contribution >= 4 is 0 Å². The highest BCUT2D eigenvalue weighted by Gasteiger charge is 2.10. The predicted molar refractivity (Wildman–Crippen MR) is 85.7 cm³/mol. The molecule has 0 aromatic heterocycles. The van der Waals surface area contributed by atoms with Crippen molar-refractivity contribution in [2.24, 2.45) is 0 Å². The number of aryl methyl sites for hydroxylation is 1. The molecule has 0 saturated heterocycles. The molecule has 20 heavy (non-hydrogen) atoms. The Kier molecular flexibility index (Phi) is 8.52. The van der Waals surface area contributed by atoms with E-state index < -0.39 is 0 Å². The van der Waals surface area contributed by atoms with E-state index in [0.717, 1.165) is 24.9 Å². The van der Waals surface area contributed by atoms with Gasteiger partial charge in [0.1, 0.15) is 5.82 Å². The van der Waals surface area contributed by atoms with Crippen molar-refractivity contribution in [1.29, 1.82) is 0 Å². The molecular formula is C18H30FN. The van der Waals surface area contributed by atoms with Crippen LogP contribution >= 0.6 is 0 Å². The molecule has 0 spiro atoms. The first-order chi connectivity index (χ1) is 9.67. The molecule has 0 heterocycles. The maximum absolute atomic E-state index is 13.2. The van der Waals surface area contributed by atoms with Gasteiger partial charge in [0, 0.05) is 6.04 Å². The van der Waals surface area contributed by atoms with Crippen molar-refractivity contribution < 1.29 is 4.39 Å². The van der Waals surface area contributed by atoms with Crippen molar-refractivity contribution in [3.05, 3.63) is 35.1 Å². The standard InChI is InChI=1S/C18H30FN/c1-4-6-7-8-9-18(20-12-5-2)14-16-10-11-17(19)13-15(16)3/h10-11,13,18,20H,4-9,12,14H2,1-3H3. The highest BCUT2D eigenvalue weighted by molar-refractivity contribution is 5.27. The third-order valence-electron chi connectivity index (χ3n) is 3.86. The summed E-state index contributed by atoms with van der Waals surface area (Å²) >= 11 is 0. The molecule has 1 unspecified atom stereocenters. The SMILES string of the molecule is CCCCCCC(Cc1ccc(F)cc1C)NCCC. The Morgan fingerprint density at radius 2 is 1.90 bits per heavy atom. The van der Waals surface area contributed by atoms with Gasteiger partial charge in [-0.25, -0.2) is 4.39 Å². The Morgan fingerprint density at radius 3 is 2.55 bits per heavy atom. The topological polar surface area (TPSA) is 12.0 Å². The molecule has 1 atom stereocenters. The van der Waals surface area contributed by atoms with Crippen LogP contribution in [0.5, 0.6) is 0 Å². The summed E-state index contributed by atoms with van der Waals surface area (Å²) in [5.41, 5.74) is 2.34. The van der Waals surface area contributed by atoms with Crippen LogP contribution in [0.15, 0.2) is 18.2 Å². The Balaban J connectivity index is 2.53. The summed E-state index contributed by atoms with van der Waals surface area (Å²) in [6.07, 6.45) is 8.61. The van der Waals surface area contributed by atoms with Crippen LogP contribution in [0.2, 0.25) is 0 Å². The summed E-state index contributed by atoms with van der Waals surface area (Å²) < 4.78 is 13.2. The van der Waals surface area contributed by atoms with Crippen LogP contribution < -0.4 is 5.32 Å². The Hall–Kier alpha value is -0.890. The first-order valence-electron chi connectivity index (χ1n) is 8.15. The molecular weight excluding hydrogens is 249 g/mol. The van der Waals surface area contributed by atoms with Crippen molar-refractivity contribution in [3.63, 3.8) is 0 Å². The van der Waals surface area contributed by atoms with Crippen LogP contribution in [-0.2, 0) is 6.42 Å². The van der Waals surface area contributed by atoms with Gasteiger partial charge in [0.15, 0.2) is 0 Å². The minimum atomic E-state index is -0.132. The molecule has 0 radical (unpaired) electrons. The molecule has 0 fully saturated rings. The second kappa shape index (κ2) is 9.93. The molecule has 0 saturated carbocycles. The smallest absolute Gasteiger partial charge is 0.123 e. The lowest BCUT2D eigenvalue weighted by Gasteiger charge is -2.19. The molecule has 0 amide bonds. The average Bonchev–Trinajstić information content (AvgIpc) is 2.43. The van der Waals surface area contributed by atoms with E-state index in [1.54, 1.807) is 12.1 Å². The highest BCUT2D eigenvalue weighted by atomic mass is 19.1. The van der Waals surface area contributed by atoms with Gasteiger partial charge in [-0.15, -0.1) is 0 Å². The average molecular weight is 279 g/mol. The monoisotopic (exact) mass is 279 g/mol. The largest absolute Gasteiger partial charge is 0.314 e. The third kappa shape index (κ3) is 6.51. The molecule has 1 rings (SSSR count). The third-order valence-corrected chi connectivity index (χ3v) is 3.86. The second-order valence-corrected chi connectivity index (χ2v) is 5.78. The minimum absolute atomic E-state index is 0.132. The van der Waals surface area contributed by atoms with Gasteiger partial charge < -0.3 is 5.32 Å². The summed E-state index contributed by atoms with van der Waals surface area (Å²) in [6, 6.07) is 5.69. The Bertz CT molecular complexity index is 376. The van der Waals surface area contributed by atoms with Gasteiger partial charge in [-0.3, -0.25) is 0 Å². The number of rotatable bonds is 10. The van der Waals surface area contributed by atoms with Gasteiger partial charge in [0.2, 0.25) is 0 Å². The highest BCUT2D eigenvalue weighted by Crippen LogP contribution is 2.15. The van der Waals surface area contributed by atoms with Crippen LogP contribution in [0.4, 0.5) is 4.39 Å². The van der Waals surface area contributed by atoms with Crippen LogP contribution in [0.25, 0.3) is 0 Å². The maximum Gasteiger partial charge on any atom is 0.123 e. The first kappa shape index (κ1) is 17.2. The zero-order valence-electron chi connectivity index (χ0n) is 13.3. The number of hydrogen-bond acceptors (Lipinski definition) is 1. The van der Waals surface area contributed by atoms with E-state index >= 15 is 0 Å². The summed E-state index contributed by atoms with van der Waals surface area (Å²) in [7, 11) is 0. The zero-order chi connectivity index (χ0) is 14.8. The lowest BCUT2D eigenvalue weighted by Crippen LogP contribution is -2.32. The van der Waals surface area contributed by atoms with E-state index in [4.69, 9.17) is 0 Å². The van der Waals surface area contributed by atoms with Crippen molar-refractivity contribution in [2.75, 3.05) is 6.54 Å². The van der Waals surface area contributed by atoms with E-state index in [1.165, 1.54) is 37.7 Å². The number of halogens is 1. The summed E-state index contributed by atoms with van der Waals surface area (Å²) in [4.78, 5) is 0. The number of benzene rings is 1. The van der Waals surface area contributed by atoms with E-state index in [0.29, 0.717) is 6.04 Å². The van der Waals surface area contributed by atoms with Gasteiger partial charge in [-0.05, 0) is 56.0 Å². The quantitative estimate of drug-likeness (QED) is 0.593. The lowest BCUT2D eigenvalue weighted by molar-refractivity contribution is 0.452. The molecule has 0 aliphatic rings. The fourth-order valence-electron chi connectivity index (χ4n) is 2.60. The van der Waals surface area contributed by atoms with Crippen molar-refractivity contribution in [3.8, 4) is 0 Å². The minimum Gasteiger partial charge on any atom is -0.314 e. The van der Waals surface area contributed by atoms with Crippen LogP contribution in [0, 0.1) is 12.7 Å². The van der Waals surface area contributed by atoms with Gasteiger partial charge >= 0.3 is 0 Å². The van der Waals surface area contributed by atoms with E-state index in [2.05, 4.69) is 19.2 Å². The second-order valence-electron chi connectivity index (χ2n) is 5.78. The van der Waals surface area contributed by atoms with Gasteiger partial charge in [-0.1, -0.05) is 45.6 Å². The molecule has 1 N–H and O–H groups in total. The zero-order valence-corrected chi connectivity index (χ0v) is 13.3. The summed E-state index contributed by atoms with van der Waals surface area (Å²) in [5, 5.41) is 3.64. The van der Waals surface area contributed by atoms with Gasteiger partial charge in [0.05, 0.1) is 0 Å². The molecule has 0 aliphatic heterocycles. The lowest BCUT2D eigenvalue weighted by atomic mass is 9.97. The van der Waals surface area contributed by atoms with Gasteiger partial charge in [0.25, 0.3) is 0 Å². The van der Waals surface area contributed by atoms with E-state index in [9.17, 15) is 4.39 Å².